The van der Waals surface area contributed by atoms with Crippen molar-refractivity contribution in [1.29, 1.82) is 0 Å². The number of para-hydroxylation sites is 2. The Morgan fingerprint density at radius 1 is 1.13 bits per heavy atom. The number of nitrogens with one attached hydrogen (secondary N) is 2. The second-order valence-corrected chi connectivity index (χ2v) is 7.56. The number of nitrogens with zero attached hydrogens (tertiary/aromatic N) is 1. The van der Waals surface area contributed by atoms with Crippen LogP contribution in [0.25, 0.3) is 0 Å². The Bertz CT molecular complexity index is 1060. The molecule has 0 bridgehead atoms. The highest BCUT2D eigenvalue weighted by Crippen LogP contribution is 2.30. The maximum Gasteiger partial charge on any atom is 0.289 e. The molecule has 2 heterocycles. The summed E-state index contributed by atoms with van der Waals surface area (Å²) < 4.78 is 16.7. The van der Waals surface area contributed by atoms with Crippen molar-refractivity contribution in [2.75, 3.05) is 6.61 Å². The molecule has 8 nitrogen and oxygen atoms in total. The fourth-order valence-electron chi connectivity index (χ4n) is 2.57. The molecule has 2 amide bonds. The van der Waals surface area contributed by atoms with Gasteiger partial charge in [0.15, 0.2) is 11.5 Å². The minimum atomic E-state index is -0.876. The largest absolute Gasteiger partial charge is 0.486 e. The van der Waals surface area contributed by atoms with Crippen molar-refractivity contribution in [1.82, 2.24) is 15.8 Å². The summed E-state index contributed by atoms with van der Waals surface area (Å²) in [5.74, 6) is 0.611. The number of fused-ring (bicyclic) bond motifs is 1. The maximum atomic E-state index is 12.3. The van der Waals surface area contributed by atoms with Crippen LogP contribution in [0.3, 0.4) is 0 Å². The topological polar surface area (TPSA) is 98.8 Å². The first-order chi connectivity index (χ1) is 14.6. The van der Waals surface area contributed by atoms with E-state index in [9.17, 15) is 9.59 Å². The minimum Gasteiger partial charge on any atom is -0.486 e. The molecule has 1 atom stereocenters. The number of hydrogen-bond donors (Lipinski definition) is 2. The van der Waals surface area contributed by atoms with Crippen LogP contribution in [0.5, 0.6) is 17.2 Å². The Morgan fingerprint density at radius 2 is 1.90 bits per heavy atom. The number of hydrazine groups is 1. The number of hydrogen-bond acceptors (Lipinski definition) is 7. The van der Waals surface area contributed by atoms with E-state index in [0.29, 0.717) is 27.3 Å². The number of benzene rings is 2. The quantitative estimate of drug-likeness (QED) is 0.586. The van der Waals surface area contributed by atoms with E-state index in [4.69, 9.17) is 25.8 Å². The van der Waals surface area contributed by atoms with Crippen molar-refractivity contribution in [3.63, 3.8) is 0 Å². The van der Waals surface area contributed by atoms with Crippen molar-refractivity contribution in [2.45, 2.75) is 12.7 Å². The molecule has 0 saturated heterocycles. The van der Waals surface area contributed by atoms with E-state index in [1.54, 1.807) is 47.8 Å². The molecule has 2 aromatic carbocycles. The van der Waals surface area contributed by atoms with Gasteiger partial charge in [0.2, 0.25) is 6.10 Å². The van der Waals surface area contributed by atoms with Gasteiger partial charge in [-0.1, -0.05) is 23.7 Å². The molecule has 3 aromatic rings. The summed E-state index contributed by atoms with van der Waals surface area (Å²) in [6.07, 6.45) is -0.876. The summed E-state index contributed by atoms with van der Waals surface area (Å²) in [7, 11) is 0. The van der Waals surface area contributed by atoms with Gasteiger partial charge >= 0.3 is 0 Å². The molecule has 4 rings (SSSR count). The van der Waals surface area contributed by atoms with Crippen LogP contribution < -0.4 is 25.1 Å². The molecule has 0 radical (unpaired) electrons. The highest BCUT2D eigenvalue weighted by molar-refractivity contribution is 7.09. The van der Waals surface area contributed by atoms with Crippen LogP contribution in [-0.4, -0.2) is 29.5 Å². The molecule has 1 unspecified atom stereocenters. The van der Waals surface area contributed by atoms with Crippen molar-refractivity contribution in [3.05, 3.63) is 69.6 Å². The summed E-state index contributed by atoms with van der Waals surface area (Å²) in [5, 5.41) is 2.81. The van der Waals surface area contributed by atoms with Crippen LogP contribution in [0.15, 0.2) is 53.9 Å². The third-order valence-corrected chi connectivity index (χ3v) is 5.13. The van der Waals surface area contributed by atoms with Gasteiger partial charge in [0, 0.05) is 10.4 Å². The lowest BCUT2D eigenvalue weighted by molar-refractivity contribution is -0.131. The molecule has 154 valence electrons. The summed E-state index contributed by atoms with van der Waals surface area (Å²) in [6.45, 7) is 0.250. The van der Waals surface area contributed by atoms with E-state index in [1.807, 2.05) is 6.07 Å². The summed E-state index contributed by atoms with van der Waals surface area (Å²) in [6, 6.07) is 14.0. The highest BCUT2D eigenvalue weighted by atomic mass is 35.5. The van der Waals surface area contributed by atoms with Gasteiger partial charge < -0.3 is 14.2 Å². The average Bonchev–Trinajstić information content (AvgIpc) is 3.26. The van der Waals surface area contributed by atoms with Crippen LogP contribution in [0.4, 0.5) is 0 Å². The Kier molecular flexibility index (Phi) is 6.01. The molecule has 0 spiro atoms. The second kappa shape index (κ2) is 9.02. The zero-order valence-corrected chi connectivity index (χ0v) is 17.0. The normalized spacial score (nSPS) is 14.6. The van der Waals surface area contributed by atoms with Crippen LogP contribution in [0, 0.1) is 0 Å². The van der Waals surface area contributed by atoms with Gasteiger partial charge in [-0.2, -0.15) is 0 Å². The minimum absolute atomic E-state index is 0.0433. The third-order valence-electron chi connectivity index (χ3n) is 4.06. The molecular weight excluding hydrogens is 430 g/mol. The molecule has 0 fully saturated rings. The fourth-order valence-corrected chi connectivity index (χ4v) is 3.38. The molecule has 10 heteroatoms. The Labute approximate surface area is 180 Å². The van der Waals surface area contributed by atoms with Crippen LogP contribution in [0.1, 0.15) is 15.5 Å². The standard InChI is InChI=1S/C20H16ClN3O5S/c21-12-5-7-13(8-6-12)27-10-18-22-14(11-30-18)19(25)23-24-20(26)17-9-28-15-3-1-2-4-16(15)29-17/h1-8,11,17H,9-10H2,(H,23,25)(H,24,26). The summed E-state index contributed by atoms with van der Waals surface area (Å²) in [5.41, 5.74) is 4.83. The molecule has 0 saturated carbocycles. The lowest BCUT2D eigenvalue weighted by Crippen LogP contribution is -2.50. The predicted octanol–water partition coefficient (Wildman–Crippen LogP) is 2.98. The number of rotatable bonds is 5. The molecule has 0 aliphatic carbocycles. The number of halogens is 1. The van der Waals surface area contributed by atoms with Gasteiger partial charge in [0.05, 0.1) is 0 Å². The molecule has 1 aromatic heterocycles. The maximum absolute atomic E-state index is 12.3. The average molecular weight is 446 g/mol. The van der Waals surface area contributed by atoms with Gasteiger partial charge in [0.25, 0.3) is 11.8 Å². The van der Waals surface area contributed by atoms with Crippen LogP contribution in [0.2, 0.25) is 5.02 Å². The van der Waals surface area contributed by atoms with Gasteiger partial charge in [-0.05, 0) is 36.4 Å². The smallest absolute Gasteiger partial charge is 0.289 e. The SMILES string of the molecule is O=C(NNC(=O)C1COc2ccccc2O1)c1csc(COc2ccc(Cl)cc2)n1. The Morgan fingerprint density at radius 3 is 2.70 bits per heavy atom. The first-order valence-corrected chi connectivity index (χ1v) is 10.2. The number of ether oxygens (including phenoxy) is 3. The number of carbonyl (C=O) groups excluding carboxylic acids is 2. The predicted molar refractivity (Wildman–Crippen MR) is 110 cm³/mol. The van der Waals surface area contributed by atoms with E-state index in [2.05, 4.69) is 15.8 Å². The number of carbonyl (C=O) groups is 2. The molecule has 30 heavy (non-hydrogen) atoms. The number of amides is 2. The van der Waals surface area contributed by atoms with Gasteiger partial charge in [-0.3, -0.25) is 20.4 Å². The van der Waals surface area contributed by atoms with E-state index < -0.39 is 17.9 Å². The lowest BCUT2D eigenvalue weighted by Gasteiger charge is -2.25. The molecular formula is C20H16ClN3O5S. The molecule has 2 N–H and O–H groups in total. The Hall–Kier alpha value is -3.30. The van der Waals surface area contributed by atoms with Gasteiger partial charge in [-0.25, -0.2) is 4.98 Å². The van der Waals surface area contributed by atoms with Crippen molar-refractivity contribution in [2.24, 2.45) is 0 Å². The van der Waals surface area contributed by atoms with Gasteiger partial charge in [0.1, 0.15) is 29.7 Å². The fraction of sp³-hybridized carbons (Fsp3) is 0.150. The number of thiazole rings is 1. The van der Waals surface area contributed by atoms with Crippen molar-refractivity contribution >= 4 is 34.8 Å². The van der Waals surface area contributed by atoms with E-state index in [1.165, 1.54) is 11.3 Å². The Balaban J connectivity index is 1.26. The van der Waals surface area contributed by atoms with Crippen LogP contribution >= 0.6 is 22.9 Å². The number of aromatic nitrogens is 1. The molecule has 1 aliphatic rings. The van der Waals surface area contributed by atoms with Crippen molar-refractivity contribution in [3.8, 4) is 17.2 Å². The third kappa shape index (κ3) is 4.81. The zero-order chi connectivity index (χ0) is 20.9. The van der Waals surface area contributed by atoms with Gasteiger partial charge in [-0.15, -0.1) is 11.3 Å². The van der Waals surface area contributed by atoms with Crippen molar-refractivity contribution < 1.29 is 23.8 Å². The lowest BCUT2D eigenvalue weighted by atomic mass is 10.2. The first kappa shape index (κ1) is 20.0. The summed E-state index contributed by atoms with van der Waals surface area (Å²) >= 11 is 7.11. The molecule has 1 aliphatic heterocycles. The van der Waals surface area contributed by atoms with E-state index in [0.717, 1.165) is 0 Å². The van der Waals surface area contributed by atoms with Crippen LogP contribution in [-0.2, 0) is 11.4 Å². The van der Waals surface area contributed by atoms with E-state index >= 15 is 0 Å². The zero-order valence-electron chi connectivity index (χ0n) is 15.5. The second-order valence-electron chi connectivity index (χ2n) is 6.18. The highest BCUT2D eigenvalue weighted by Gasteiger charge is 2.27. The van der Waals surface area contributed by atoms with E-state index in [-0.39, 0.29) is 18.9 Å². The first-order valence-electron chi connectivity index (χ1n) is 8.90. The summed E-state index contributed by atoms with van der Waals surface area (Å²) in [4.78, 5) is 28.7. The monoisotopic (exact) mass is 445 g/mol.